The minimum absolute atomic E-state index is 0.547. The average molecular weight is 439 g/mol. The van der Waals surface area contributed by atoms with Crippen LogP contribution in [0.25, 0.3) is 11.0 Å². The number of imidazole rings is 1. The first-order valence-electron chi connectivity index (χ1n) is 11.8. The highest BCUT2D eigenvalue weighted by atomic mass is 15.3. The zero-order valence-corrected chi connectivity index (χ0v) is 19.2. The maximum Gasteiger partial charge on any atom is 0.161 e. The van der Waals surface area contributed by atoms with Gasteiger partial charge in [0.15, 0.2) is 5.66 Å². The fourth-order valence-corrected chi connectivity index (χ4v) is 5.06. The van der Waals surface area contributed by atoms with Crippen LogP contribution in [0.3, 0.4) is 0 Å². The Balaban J connectivity index is 1.42. The molecule has 1 aromatic heterocycles. The molecule has 0 amide bonds. The van der Waals surface area contributed by atoms with E-state index in [1.807, 2.05) is 0 Å². The summed E-state index contributed by atoms with van der Waals surface area (Å²) in [5.41, 5.74) is 8.68. The third kappa shape index (κ3) is 3.42. The predicted octanol–water partition coefficient (Wildman–Crippen LogP) is 4.62. The first-order chi connectivity index (χ1) is 16.1. The molecule has 1 atom stereocenters. The molecule has 33 heavy (non-hydrogen) atoms. The van der Waals surface area contributed by atoms with Crippen molar-refractivity contribution in [1.82, 2.24) is 14.9 Å². The first kappa shape index (κ1) is 20.1. The number of likely N-dealkylation sites (N-methyl/N-ethyl adjacent to an activating group) is 1. The van der Waals surface area contributed by atoms with E-state index in [1.165, 1.54) is 16.8 Å². The molecule has 168 valence electrons. The van der Waals surface area contributed by atoms with Crippen LogP contribution in [0.15, 0.2) is 67.0 Å². The summed E-state index contributed by atoms with van der Waals surface area (Å²) in [6, 6.07) is 22.2. The summed E-state index contributed by atoms with van der Waals surface area (Å²) >= 11 is 0. The monoisotopic (exact) mass is 438 g/mol. The van der Waals surface area contributed by atoms with Crippen molar-refractivity contribution in [2.75, 3.05) is 48.8 Å². The van der Waals surface area contributed by atoms with Gasteiger partial charge >= 0.3 is 0 Å². The summed E-state index contributed by atoms with van der Waals surface area (Å²) in [5.74, 6) is 0. The summed E-state index contributed by atoms with van der Waals surface area (Å²) in [4.78, 5) is 12.5. The van der Waals surface area contributed by atoms with Gasteiger partial charge in [-0.1, -0.05) is 37.3 Å². The average Bonchev–Trinajstić information content (AvgIpc) is 3.49. The number of nitrogens with one attached hydrogen (secondary N) is 3. The van der Waals surface area contributed by atoms with E-state index in [4.69, 9.17) is 0 Å². The molecule has 3 N–H and O–H groups in total. The molecule has 6 nitrogen and oxygen atoms in total. The molecule has 1 unspecified atom stereocenters. The smallest absolute Gasteiger partial charge is 0.161 e. The van der Waals surface area contributed by atoms with Crippen molar-refractivity contribution in [2.45, 2.75) is 19.0 Å². The van der Waals surface area contributed by atoms with Gasteiger partial charge in [-0.25, -0.2) is 4.98 Å². The topological polar surface area (TPSA) is 59.2 Å². The first-order valence-corrected chi connectivity index (χ1v) is 11.8. The maximum atomic E-state index is 4.41. The van der Waals surface area contributed by atoms with Crippen molar-refractivity contribution in [1.29, 1.82) is 0 Å². The summed E-state index contributed by atoms with van der Waals surface area (Å²) < 4.78 is 0. The number of nitrogens with zero attached hydrogens (tertiary/aromatic N) is 3. The van der Waals surface area contributed by atoms with Crippen LogP contribution in [0.4, 0.5) is 17.1 Å². The molecule has 1 fully saturated rings. The molecule has 1 saturated heterocycles. The van der Waals surface area contributed by atoms with Crippen molar-refractivity contribution in [3.63, 3.8) is 0 Å². The molecule has 0 radical (unpaired) electrons. The van der Waals surface area contributed by atoms with Crippen molar-refractivity contribution in [3.05, 3.63) is 83.7 Å². The van der Waals surface area contributed by atoms with Crippen LogP contribution in [0.2, 0.25) is 0 Å². The standard InChI is InChI=1S/C27H30N6/c1-3-19-4-6-20(7-5-19)27(21-8-10-23-25(16-21)29-18-28-23)30-24-11-9-22(17-26(24)31-27)33-14-12-32(2)13-15-33/h4-11,16-18,30-31H,3,12-15H2,1-2H3,(H,28,29). The zero-order chi connectivity index (χ0) is 22.4. The van der Waals surface area contributed by atoms with Gasteiger partial charge in [0, 0.05) is 43.0 Å². The lowest BCUT2D eigenvalue weighted by Crippen LogP contribution is -2.44. The predicted molar refractivity (Wildman–Crippen MR) is 136 cm³/mol. The molecule has 0 bridgehead atoms. The second-order valence-electron chi connectivity index (χ2n) is 9.21. The molecule has 0 spiro atoms. The molecule has 3 heterocycles. The van der Waals surface area contributed by atoms with E-state index in [-0.39, 0.29) is 0 Å². The molecule has 6 rings (SSSR count). The number of aromatic amines is 1. The number of piperazine rings is 1. The molecule has 2 aliphatic heterocycles. The Morgan fingerprint density at radius 3 is 2.39 bits per heavy atom. The quantitative estimate of drug-likeness (QED) is 0.434. The zero-order valence-electron chi connectivity index (χ0n) is 19.2. The number of fused-ring (bicyclic) bond motifs is 2. The van der Waals surface area contributed by atoms with Gasteiger partial charge in [0.25, 0.3) is 0 Å². The van der Waals surface area contributed by atoms with Crippen LogP contribution in [0.5, 0.6) is 0 Å². The van der Waals surface area contributed by atoms with E-state index in [0.717, 1.165) is 60.6 Å². The molecule has 2 aliphatic rings. The van der Waals surface area contributed by atoms with E-state index in [9.17, 15) is 0 Å². The van der Waals surface area contributed by atoms with Gasteiger partial charge < -0.3 is 25.4 Å². The van der Waals surface area contributed by atoms with Crippen molar-refractivity contribution in [2.24, 2.45) is 0 Å². The van der Waals surface area contributed by atoms with Crippen molar-refractivity contribution in [3.8, 4) is 0 Å². The Hall–Kier alpha value is -3.51. The number of benzene rings is 3. The molecule has 4 aromatic rings. The molecule has 6 heteroatoms. The van der Waals surface area contributed by atoms with Gasteiger partial charge in [0.1, 0.15) is 0 Å². The van der Waals surface area contributed by atoms with Gasteiger partial charge in [0.05, 0.1) is 28.7 Å². The summed E-state index contributed by atoms with van der Waals surface area (Å²) in [7, 11) is 2.19. The van der Waals surface area contributed by atoms with Gasteiger partial charge in [-0.3, -0.25) is 0 Å². The van der Waals surface area contributed by atoms with Crippen LogP contribution in [0.1, 0.15) is 23.6 Å². The summed E-state index contributed by atoms with van der Waals surface area (Å²) in [5, 5.41) is 7.72. The molecule has 3 aromatic carbocycles. The van der Waals surface area contributed by atoms with Crippen LogP contribution >= 0.6 is 0 Å². The van der Waals surface area contributed by atoms with E-state index in [0.29, 0.717) is 0 Å². The van der Waals surface area contributed by atoms with E-state index < -0.39 is 5.66 Å². The fourth-order valence-electron chi connectivity index (χ4n) is 5.06. The van der Waals surface area contributed by atoms with Gasteiger partial charge in [-0.15, -0.1) is 0 Å². The second-order valence-corrected chi connectivity index (χ2v) is 9.21. The molecular weight excluding hydrogens is 408 g/mol. The number of H-pyrrole nitrogens is 1. The number of aromatic nitrogens is 2. The lowest BCUT2D eigenvalue weighted by atomic mass is 9.90. The third-order valence-corrected chi connectivity index (χ3v) is 7.16. The Kier molecular flexibility index (Phi) is 4.76. The number of hydrogen-bond acceptors (Lipinski definition) is 5. The SMILES string of the molecule is CCc1ccc(C2(c3ccc4nc[nH]c4c3)Nc3ccc(N4CCN(C)CC4)cc3N2)cc1. The number of anilines is 3. The largest absolute Gasteiger partial charge is 0.369 e. The number of aryl methyl sites for hydroxylation is 1. The van der Waals surface area contributed by atoms with Crippen molar-refractivity contribution < 1.29 is 0 Å². The Morgan fingerprint density at radius 1 is 0.848 bits per heavy atom. The number of rotatable bonds is 4. The second kappa shape index (κ2) is 7.81. The fraction of sp³-hybridized carbons (Fsp3) is 0.296. The molecular formula is C27H30N6. The third-order valence-electron chi connectivity index (χ3n) is 7.16. The minimum Gasteiger partial charge on any atom is -0.369 e. The van der Waals surface area contributed by atoms with Gasteiger partial charge in [-0.05, 0) is 49.4 Å². The Morgan fingerprint density at radius 2 is 1.61 bits per heavy atom. The highest BCUT2D eigenvalue weighted by molar-refractivity contribution is 5.84. The van der Waals surface area contributed by atoms with Crippen LogP contribution in [0, 0.1) is 0 Å². The summed E-state index contributed by atoms with van der Waals surface area (Å²) in [6.45, 7) is 6.51. The highest BCUT2D eigenvalue weighted by Gasteiger charge is 2.40. The normalized spacial score (nSPS) is 20.5. The molecule has 0 saturated carbocycles. The molecule has 0 aliphatic carbocycles. The van der Waals surface area contributed by atoms with Crippen LogP contribution in [-0.2, 0) is 12.1 Å². The minimum atomic E-state index is -0.547. The maximum absolute atomic E-state index is 4.41. The van der Waals surface area contributed by atoms with E-state index >= 15 is 0 Å². The van der Waals surface area contributed by atoms with Gasteiger partial charge in [-0.2, -0.15) is 0 Å². The number of hydrogen-bond donors (Lipinski definition) is 3. The van der Waals surface area contributed by atoms with Gasteiger partial charge in [0.2, 0.25) is 0 Å². The lowest BCUT2D eigenvalue weighted by Gasteiger charge is -2.34. The van der Waals surface area contributed by atoms with Crippen LogP contribution in [-0.4, -0.2) is 48.1 Å². The van der Waals surface area contributed by atoms with E-state index in [1.54, 1.807) is 6.33 Å². The Labute approximate surface area is 194 Å². The Bertz CT molecular complexity index is 1290. The van der Waals surface area contributed by atoms with Crippen molar-refractivity contribution >= 4 is 28.1 Å². The van der Waals surface area contributed by atoms with E-state index in [2.05, 4.69) is 105 Å². The highest BCUT2D eigenvalue weighted by Crippen LogP contribution is 2.45. The van der Waals surface area contributed by atoms with Crippen LogP contribution < -0.4 is 15.5 Å². The summed E-state index contributed by atoms with van der Waals surface area (Å²) in [6.07, 6.45) is 2.78. The lowest BCUT2D eigenvalue weighted by molar-refractivity contribution is 0.313.